The van der Waals surface area contributed by atoms with Gasteiger partial charge in [-0.1, -0.05) is 64.4 Å². The van der Waals surface area contributed by atoms with Crippen molar-refractivity contribution in [2.45, 2.75) is 77.6 Å². The van der Waals surface area contributed by atoms with Gasteiger partial charge in [0.05, 0.1) is 6.61 Å². The summed E-state index contributed by atoms with van der Waals surface area (Å²) in [5.41, 5.74) is 0.506. The van der Waals surface area contributed by atoms with E-state index in [0.29, 0.717) is 12.2 Å². The van der Waals surface area contributed by atoms with E-state index < -0.39 is 0 Å². The molecule has 0 aromatic heterocycles. The fraction of sp³-hybridized carbons (Fsp3) is 0.842. The Morgan fingerprint density at radius 2 is 1.52 bits per heavy atom. The molecule has 120 valence electrons. The van der Waals surface area contributed by atoms with Crippen molar-refractivity contribution in [2.24, 2.45) is 17.8 Å². The molecule has 2 nitrogen and oxygen atoms in total. The van der Waals surface area contributed by atoms with Crippen LogP contribution in [0, 0.1) is 17.8 Å². The average Bonchev–Trinajstić information content (AvgIpc) is 2.50. The second-order valence-corrected chi connectivity index (χ2v) is 7.33. The molecule has 21 heavy (non-hydrogen) atoms. The normalized spacial score (nSPS) is 27.3. The van der Waals surface area contributed by atoms with Crippen LogP contribution in [-0.4, -0.2) is 12.6 Å². The smallest absolute Gasteiger partial charge is 0.333 e. The fourth-order valence-electron chi connectivity index (χ4n) is 4.09. The molecule has 2 aliphatic rings. The van der Waals surface area contributed by atoms with Crippen molar-refractivity contribution < 1.29 is 9.53 Å². The summed E-state index contributed by atoms with van der Waals surface area (Å²) in [7, 11) is 0. The van der Waals surface area contributed by atoms with E-state index in [4.69, 9.17) is 4.74 Å². The van der Waals surface area contributed by atoms with E-state index in [9.17, 15) is 4.79 Å². The number of hydrogen-bond donors (Lipinski definition) is 0. The fourth-order valence-corrected chi connectivity index (χ4v) is 4.09. The predicted molar refractivity (Wildman–Crippen MR) is 87.0 cm³/mol. The molecule has 0 unspecified atom stereocenters. The first-order valence-electron chi connectivity index (χ1n) is 8.97. The summed E-state index contributed by atoms with van der Waals surface area (Å²) in [6, 6.07) is 0. The molecule has 0 bridgehead atoms. The minimum Gasteiger partial charge on any atom is -0.462 e. The van der Waals surface area contributed by atoms with Crippen LogP contribution in [0.5, 0.6) is 0 Å². The maximum atomic E-state index is 11.3. The molecule has 0 amide bonds. The standard InChI is InChI=1S/C19H32O2/c1-15(2)19(20)21-13-12-16-8-10-18(11-9-16)14-17-6-4-3-5-7-17/h16-18H,1,3-14H2,2H3. The molecule has 2 aliphatic carbocycles. The molecule has 0 atom stereocenters. The molecule has 0 radical (unpaired) electrons. The van der Waals surface area contributed by atoms with Crippen molar-refractivity contribution in [2.75, 3.05) is 6.61 Å². The Morgan fingerprint density at radius 1 is 0.952 bits per heavy atom. The van der Waals surface area contributed by atoms with Gasteiger partial charge in [0.1, 0.15) is 0 Å². The molecule has 2 fully saturated rings. The van der Waals surface area contributed by atoms with E-state index in [-0.39, 0.29) is 5.97 Å². The van der Waals surface area contributed by atoms with Gasteiger partial charge in [0.15, 0.2) is 0 Å². The molecule has 0 aromatic rings. The Labute approximate surface area is 130 Å². The Kier molecular flexibility index (Phi) is 6.79. The van der Waals surface area contributed by atoms with Crippen LogP contribution >= 0.6 is 0 Å². The van der Waals surface area contributed by atoms with E-state index in [2.05, 4.69) is 6.58 Å². The second-order valence-electron chi connectivity index (χ2n) is 7.33. The molecule has 2 rings (SSSR count). The van der Waals surface area contributed by atoms with Crippen LogP contribution in [0.1, 0.15) is 77.6 Å². The minimum absolute atomic E-state index is 0.235. The number of esters is 1. The van der Waals surface area contributed by atoms with Gasteiger partial charge in [0.25, 0.3) is 0 Å². The van der Waals surface area contributed by atoms with Crippen LogP contribution < -0.4 is 0 Å². The predicted octanol–water partition coefficient (Wildman–Crippen LogP) is 5.27. The van der Waals surface area contributed by atoms with E-state index >= 15 is 0 Å². The Hall–Kier alpha value is -0.790. The number of carbonyl (C=O) groups is 1. The lowest BCUT2D eigenvalue weighted by Gasteiger charge is -2.32. The third kappa shape index (κ3) is 5.84. The van der Waals surface area contributed by atoms with Crippen molar-refractivity contribution >= 4 is 5.97 Å². The van der Waals surface area contributed by atoms with Gasteiger partial charge in [-0.25, -0.2) is 4.79 Å². The quantitative estimate of drug-likeness (QED) is 0.492. The first kappa shape index (κ1) is 16.6. The lowest BCUT2D eigenvalue weighted by molar-refractivity contribution is -0.139. The number of hydrogen-bond acceptors (Lipinski definition) is 2. The average molecular weight is 292 g/mol. The number of ether oxygens (including phenoxy) is 1. The third-order valence-electron chi connectivity index (χ3n) is 5.47. The molecule has 0 saturated heterocycles. The van der Waals surface area contributed by atoms with Crippen molar-refractivity contribution in [1.82, 2.24) is 0 Å². The first-order valence-corrected chi connectivity index (χ1v) is 8.97. The summed E-state index contributed by atoms with van der Waals surface area (Å²) in [4.78, 5) is 11.3. The van der Waals surface area contributed by atoms with Crippen molar-refractivity contribution in [3.8, 4) is 0 Å². The zero-order chi connectivity index (χ0) is 15.1. The highest BCUT2D eigenvalue weighted by molar-refractivity contribution is 5.86. The summed E-state index contributed by atoms with van der Waals surface area (Å²) in [6.45, 7) is 5.89. The summed E-state index contributed by atoms with van der Waals surface area (Å²) in [5, 5.41) is 0. The van der Waals surface area contributed by atoms with Gasteiger partial charge >= 0.3 is 5.97 Å². The first-order chi connectivity index (χ1) is 10.1. The van der Waals surface area contributed by atoms with E-state index in [1.54, 1.807) is 6.92 Å². The van der Waals surface area contributed by atoms with Gasteiger partial charge in [-0.3, -0.25) is 0 Å². The highest BCUT2D eigenvalue weighted by Gasteiger charge is 2.24. The van der Waals surface area contributed by atoms with Crippen LogP contribution in [0.15, 0.2) is 12.2 Å². The Morgan fingerprint density at radius 3 is 2.14 bits per heavy atom. The molecule has 2 heteroatoms. The van der Waals surface area contributed by atoms with E-state index in [0.717, 1.165) is 24.2 Å². The minimum atomic E-state index is -0.235. The van der Waals surface area contributed by atoms with Crippen molar-refractivity contribution in [3.63, 3.8) is 0 Å². The molecular weight excluding hydrogens is 260 g/mol. The van der Waals surface area contributed by atoms with Gasteiger partial charge in [0.2, 0.25) is 0 Å². The zero-order valence-corrected chi connectivity index (χ0v) is 13.7. The molecule has 0 spiro atoms. The highest BCUT2D eigenvalue weighted by atomic mass is 16.5. The largest absolute Gasteiger partial charge is 0.462 e. The molecule has 0 N–H and O–H groups in total. The topological polar surface area (TPSA) is 26.3 Å². The van der Waals surface area contributed by atoms with E-state index in [1.807, 2.05) is 0 Å². The van der Waals surface area contributed by atoms with Crippen LogP contribution in [0.3, 0.4) is 0 Å². The van der Waals surface area contributed by atoms with Crippen LogP contribution in [0.25, 0.3) is 0 Å². The van der Waals surface area contributed by atoms with Crippen LogP contribution in [0.4, 0.5) is 0 Å². The maximum absolute atomic E-state index is 11.3. The van der Waals surface area contributed by atoms with E-state index in [1.165, 1.54) is 64.2 Å². The number of rotatable bonds is 6. The lowest BCUT2D eigenvalue weighted by atomic mass is 9.74. The van der Waals surface area contributed by atoms with Gasteiger partial charge < -0.3 is 4.74 Å². The maximum Gasteiger partial charge on any atom is 0.333 e. The van der Waals surface area contributed by atoms with Gasteiger partial charge in [-0.2, -0.15) is 0 Å². The summed E-state index contributed by atoms with van der Waals surface area (Å²) >= 11 is 0. The Bertz CT molecular complexity index is 333. The van der Waals surface area contributed by atoms with Gasteiger partial charge in [-0.15, -0.1) is 0 Å². The summed E-state index contributed by atoms with van der Waals surface area (Å²) in [6.07, 6.45) is 15.4. The van der Waals surface area contributed by atoms with Gasteiger partial charge in [-0.05, 0) is 37.5 Å². The summed E-state index contributed by atoms with van der Waals surface area (Å²) < 4.78 is 5.22. The second kappa shape index (κ2) is 8.60. The SMILES string of the molecule is C=C(C)C(=O)OCCC1CCC(CC2CCCCC2)CC1. The molecule has 0 aromatic carbocycles. The third-order valence-corrected chi connectivity index (χ3v) is 5.47. The van der Waals surface area contributed by atoms with Crippen LogP contribution in [-0.2, 0) is 9.53 Å². The molecule has 2 saturated carbocycles. The molecular formula is C19H32O2. The highest BCUT2D eigenvalue weighted by Crippen LogP contribution is 2.37. The Balaban J connectivity index is 1.57. The zero-order valence-electron chi connectivity index (χ0n) is 13.7. The number of carbonyl (C=O) groups excluding carboxylic acids is 1. The van der Waals surface area contributed by atoms with Crippen LogP contribution in [0.2, 0.25) is 0 Å². The van der Waals surface area contributed by atoms with Crippen molar-refractivity contribution in [1.29, 1.82) is 0 Å². The molecule has 0 aliphatic heterocycles. The molecule has 0 heterocycles. The van der Waals surface area contributed by atoms with Gasteiger partial charge in [0, 0.05) is 5.57 Å². The lowest BCUT2D eigenvalue weighted by Crippen LogP contribution is -2.20. The summed E-state index contributed by atoms with van der Waals surface area (Å²) in [5.74, 6) is 2.53. The monoisotopic (exact) mass is 292 g/mol. The van der Waals surface area contributed by atoms with Crippen molar-refractivity contribution in [3.05, 3.63) is 12.2 Å².